The van der Waals surface area contributed by atoms with Crippen molar-refractivity contribution in [3.8, 4) is 5.75 Å². The van der Waals surface area contributed by atoms with Gasteiger partial charge in [0.05, 0.1) is 8.95 Å². The maximum absolute atomic E-state index is 12.2. The molecule has 0 saturated carbocycles. The highest BCUT2D eigenvalue weighted by molar-refractivity contribution is 9.14. The largest absolute Gasteiger partial charge is 0.505 e. The normalized spacial score (nSPS) is 12.2. The molecule has 5 nitrogen and oxygen atoms in total. The van der Waals surface area contributed by atoms with E-state index in [4.69, 9.17) is 4.52 Å². The molecule has 10 heteroatoms. The molecule has 3 N–H and O–H groups in total. The Hall–Kier alpha value is -0.510. The third kappa shape index (κ3) is 4.43. The Morgan fingerprint density at radius 2 is 1.10 bits per heavy atom. The van der Waals surface area contributed by atoms with Crippen molar-refractivity contribution in [3.05, 3.63) is 95.2 Å². The minimum Gasteiger partial charge on any atom is -0.505 e. The van der Waals surface area contributed by atoms with E-state index in [1.807, 2.05) is 0 Å². The van der Waals surface area contributed by atoms with Gasteiger partial charge in [-0.3, -0.25) is 4.52 Å². The van der Waals surface area contributed by atoms with Gasteiger partial charge >= 0.3 is 7.82 Å². The van der Waals surface area contributed by atoms with Gasteiger partial charge in [0, 0.05) is 14.5 Å². The minimum absolute atomic E-state index is 0.0845. The number of phenols is 1. The lowest BCUT2D eigenvalue weighted by Gasteiger charge is -2.37. The fourth-order valence-electron chi connectivity index (χ4n) is 3.06. The number of halogens is 4. The number of aromatic hydroxyl groups is 1. The first-order chi connectivity index (χ1) is 13.6. The summed E-state index contributed by atoms with van der Waals surface area (Å²) in [4.78, 5) is 19.8. The lowest BCUT2D eigenvalue weighted by molar-refractivity contribution is 0.0963. The molecule has 0 atom stereocenters. The zero-order chi connectivity index (χ0) is 21.4. The molecule has 0 spiro atoms. The van der Waals surface area contributed by atoms with E-state index in [-0.39, 0.29) is 5.75 Å². The van der Waals surface area contributed by atoms with E-state index in [0.29, 0.717) is 34.6 Å². The molecule has 0 unspecified atom stereocenters. The van der Waals surface area contributed by atoms with Gasteiger partial charge in [0.25, 0.3) is 0 Å². The summed E-state index contributed by atoms with van der Waals surface area (Å²) in [5, 5.41) is 10.4. The van der Waals surface area contributed by atoms with Crippen molar-refractivity contribution in [1.29, 1.82) is 0 Å². The second-order valence-corrected chi connectivity index (χ2v) is 10.3. The highest BCUT2D eigenvalue weighted by atomic mass is 79.9. The molecule has 3 aromatic carbocycles. The van der Waals surface area contributed by atoms with Crippen LogP contribution in [0.25, 0.3) is 0 Å². The van der Waals surface area contributed by atoms with E-state index in [1.54, 1.807) is 60.7 Å². The molecular weight excluding hydrogens is 659 g/mol. The van der Waals surface area contributed by atoms with Crippen molar-refractivity contribution in [3.63, 3.8) is 0 Å². The Kier molecular flexibility index (Phi) is 7.13. The predicted molar refractivity (Wildman–Crippen MR) is 125 cm³/mol. The van der Waals surface area contributed by atoms with Crippen molar-refractivity contribution < 1.29 is 24.0 Å². The van der Waals surface area contributed by atoms with Crippen LogP contribution in [0.1, 0.15) is 16.7 Å². The van der Waals surface area contributed by atoms with Crippen LogP contribution in [0.15, 0.2) is 78.6 Å². The van der Waals surface area contributed by atoms with Gasteiger partial charge < -0.3 is 14.9 Å². The summed E-state index contributed by atoms with van der Waals surface area (Å²) < 4.78 is 19.1. The van der Waals surface area contributed by atoms with Crippen molar-refractivity contribution in [2.24, 2.45) is 0 Å². The quantitative estimate of drug-likeness (QED) is 0.157. The van der Waals surface area contributed by atoms with Gasteiger partial charge in [0.2, 0.25) is 0 Å². The van der Waals surface area contributed by atoms with Crippen molar-refractivity contribution in [2.45, 2.75) is 5.60 Å². The van der Waals surface area contributed by atoms with Gasteiger partial charge in [-0.25, -0.2) is 4.57 Å². The van der Waals surface area contributed by atoms with Crippen LogP contribution in [0.3, 0.4) is 0 Å². The first-order valence-electron chi connectivity index (χ1n) is 8.02. The maximum atomic E-state index is 12.2. The molecule has 0 heterocycles. The van der Waals surface area contributed by atoms with E-state index in [1.165, 1.54) is 0 Å². The third-order valence-corrected chi connectivity index (χ3v) is 8.91. The van der Waals surface area contributed by atoms with Gasteiger partial charge in [0.1, 0.15) is 5.75 Å². The number of hydrogen-bond donors (Lipinski definition) is 3. The molecule has 0 aromatic heterocycles. The predicted octanol–water partition coefficient (Wildman–Crippen LogP) is 6.84. The summed E-state index contributed by atoms with van der Waals surface area (Å²) in [6, 6.07) is 17.5. The summed E-state index contributed by atoms with van der Waals surface area (Å²) in [6.07, 6.45) is 0. The van der Waals surface area contributed by atoms with Crippen LogP contribution in [-0.2, 0) is 14.7 Å². The summed E-state index contributed by atoms with van der Waals surface area (Å²) in [7, 11) is -5.00. The first kappa shape index (κ1) is 23.2. The maximum Gasteiger partial charge on any atom is 0.471 e. The Morgan fingerprint density at radius 3 is 1.45 bits per heavy atom. The molecule has 3 rings (SSSR count). The van der Waals surface area contributed by atoms with Crippen LogP contribution in [-0.4, -0.2) is 14.9 Å². The molecule has 0 amide bonds. The second kappa shape index (κ2) is 8.93. The first-order valence-corrected chi connectivity index (χ1v) is 12.7. The Balaban J connectivity index is 2.56. The smallest absolute Gasteiger partial charge is 0.471 e. The standard InChI is InChI=1S/C19H13Br4O5P/c20-14-13(15(21)17(23)18(24)16(14)22)19(28-29(25,26)27,11-7-3-1-4-8-11)12-9-5-2-6-10-12/h1-10,24H,(H2,25,26,27). The minimum atomic E-state index is -5.00. The van der Waals surface area contributed by atoms with E-state index < -0.39 is 13.4 Å². The monoisotopic (exact) mass is 668 g/mol. The molecule has 29 heavy (non-hydrogen) atoms. The Bertz CT molecular complexity index is 1020. The Labute approximate surface area is 200 Å². The lowest BCUT2D eigenvalue weighted by Crippen LogP contribution is -2.33. The molecule has 0 radical (unpaired) electrons. The molecular formula is C19H13Br4O5P. The molecule has 0 aliphatic carbocycles. The topological polar surface area (TPSA) is 87.0 Å². The van der Waals surface area contributed by atoms with Gasteiger partial charge in [-0.1, -0.05) is 60.7 Å². The SMILES string of the molecule is O=P(O)(O)OC(c1ccccc1)(c1ccccc1)c1c(Br)c(Br)c(O)c(Br)c1Br. The second-order valence-electron chi connectivity index (χ2n) is 5.97. The van der Waals surface area contributed by atoms with Gasteiger partial charge in [-0.2, -0.15) is 0 Å². The zero-order valence-electron chi connectivity index (χ0n) is 14.4. The highest BCUT2D eigenvalue weighted by Crippen LogP contribution is 2.58. The Morgan fingerprint density at radius 1 is 0.724 bits per heavy atom. The number of phenolic OH excluding ortho intramolecular Hbond substituents is 1. The number of benzene rings is 3. The van der Waals surface area contributed by atoms with Crippen molar-refractivity contribution in [2.75, 3.05) is 0 Å². The average molecular weight is 672 g/mol. The van der Waals surface area contributed by atoms with E-state index >= 15 is 0 Å². The summed E-state index contributed by atoms with van der Waals surface area (Å²) in [5.74, 6) is -0.0845. The van der Waals surface area contributed by atoms with Crippen molar-refractivity contribution in [1.82, 2.24) is 0 Å². The molecule has 0 bridgehead atoms. The summed E-state index contributed by atoms with van der Waals surface area (Å²) >= 11 is 13.6. The molecule has 0 saturated heterocycles. The fraction of sp³-hybridized carbons (Fsp3) is 0.0526. The highest BCUT2D eigenvalue weighted by Gasteiger charge is 2.47. The van der Waals surface area contributed by atoms with Crippen LogP contribution >= 0.6 is 71.5 Å². The number of hydrogen-bond acceptors (Lipinski definition) is 3. The summed E-state index contributed by atoms with van der Waals surface area (Å²) in [6.45, 7) is 0. The number of rotatable bonds is 5. The van der Waals surface area contributed by atoms with Gasteiger partial charge in [0.15, 0.2) is 5.60 Å². The van der Waals surface area contributed by atoms with Gasteiger partial charge in [-0.05, 0) is 74.8 Å². The zero-order valence-corrected chi connectivity index (χ0v) is 21.6. The van der Waals surface area contributed by atoms with Gasteiger partial charge in [-0.15, -0.1) is 0 Å². The number of phosphoric acid groups is 1. The van der Waals surface area contributed by atoms with Crippen LogP contribution in [0, 0.1) is 0 Å². The molecule has 3 aromatic rings. The molecule has 0 fully saturated rings. The fourth-order valence-corrected chi connectivity index (χ4v) is 6.37. The van der Waals surface area contributed by atoms with Crippen LogP contribution < -0.4 is 0 Å². The lowest BCUT2D eigenvalue weighted by atomic mass is 9.80. The third-order valence-electron chi connectivity index (χ3n) is 4.21. The molecule has 152 valence electrons. The van der Waals surface area contributed by atoms with Crippen molar-refractivity contribution >= 4 is 71.5 Å². The van der Waals surface area contributed by atoms with E-state index in [2.05, 4.69) is 63.7 Å². The molecule has 0 aliphatic heterocycles. The van der Waals surface area contributed by atoms with E-state index in [0.717, 1.165) is 0 Å². The number of phosphoric ester groups is 1. The average Bonchev–Trinajstić information content (AvgIpc) is 2.70. The van der Waals surface area contributed by atoms with Crippen LogP contribution in [0.5, 0.6) is 5.75 Å². The molecule has 0 aliphatic rings. The van der Waals surface area contributed by atoms with E-state index in [9.17, 15) is 19.5 Å². The van der Waals surface area contributed by atoms with Crippen LogP contribution in [0.4, 0.5) is 0 Å². The summed E-state index contributed by atoms with van der Waals surface area (Å²) in [5.41, 5.74) is -0.381. The van der Waals surface area contributed by atoms with Crippen LogP contribution in [0.2, 0.25) is 0 Å².